The second kappa shape index (κ2) is 6.21. The largest absolute Gasteiger partial charge is 0.465 e. The number of carbonyl (C=O) groups excluding carboxylic acids is 2. The van der Waals surface area contributed by atoms with Gasteiger partial charge in [-0.1, -0.05) is 11.3 Å². The first-order valence-corrected chi connectivity index (χ1v) is 7.99. The Kier molecular flexibility index (Phi) is 4.72. The molecule has 1 heterocycles. The Morgan fingerprint density at radius 2 is 2.00 bits per heavy atom. The molecule has 2 aromatic rings. The molecule has 0 saturated carbocycles. The molecule has 1 aromatic heterocycles. The molecule has 8 heteroatoms. The van der Waals surface area contributed by atoms with Crippen LogP contribution in [0.25, 0.3) is 10.2 Å². The number of rotatable bonds is 2. The fourth-order valence-corrected chi connectivity index (χ4v) is 3.14. The lowest BCUT2D eigenvalue weighted by atomic mass is 10.2. The van der Waals surface area contributed by atoms with Crippen LogP contribution in [0.15, 0.2) is 16.6 Å². The van der Waals surface area contributed by atoms with E-state index in [1.54, 1.807) is 32.9 Å². The normalized spacial score (nSPS) is 11.3. The van der Waals surface area contributed by atoms with Gasteiger partial charge in [0.05, 0.1) is 22.9 Å². The molecule has 0 saturated heterocycles. The average Bonchev–Trinajstić information content (AvgIpc) is 2.80. The number of methoxy groups -OCH3 is 1. The first kappa shape index (κ1) is 16.7. The number of carbonyl (C=O) groups is 2. The first-order chi connectivity index (χ1) is 10.2. The number of anilines is 1. The molecular weight excluding hydrogens is 372 g/mol. The minimum absolute atomic E-state index is 0.342. The van der Waals surface area contributed by atoms with Gasteiger partial charge in [-0.25, -0.2) is 14.6 Å². The van der Waals surface area contributed by atoms with Gasteiger partial charge in [0.1, 0.15) is 5.60 Å². The lowest BCUT2D eigenvalue weighted by Crippen LogP contribution is -2.27. The number of fused-ring (bicyclic) bond motifs is 1. The Balaban J connectivity index is 2.36. The molecule has 6 nitrogen and oxygen atoms in total. The van der Waals surface area contributed by atoms with Crippen LogP contribution in [0.2, 0.25) is 0 Å². The molecule has 0 aliphatic carbocycles. The minimum atomic E-state index is -0.599. The number of hydrogen-bond acceptors (Lipinski definition) is 6. The minimum Gasteiger partial charge on any atom is -0.465 e. The van der Waals surface area contributed by atoms with Crippen molar-refractivity contribution in [1.29, 1.82) is 0 Å². The molecule has 0 bridgehead atoms. The van der Waals surface area contributed by atoms with E-state index in [-0.39, 0.29) is 0 Å². The van der Waals surface area contributed by atoms with Crippen molar-refractivity contribution in [2.24, 2.45) is 0 Å². The van der Waals surface area contributed by atoms with Crippen LogP contribution in [0, 0.1) is 0 Å². The summed E-state index contributed by atoms with van der Waals surface area (Å²) in [5.41, 5.74) is 0.213. The molecule has 0 atom stereocenters. The molecule has 118 valence electrons. The zero-order valence-electron chi connectivity index (χ0n) is 12.5. The maximum absolute atomic E-state index is 11.8. The third kappa shape index (κ3) is 3.75. The van der Waals surface area contributed by atoms with Gasteiger partial charge in [-0.05, 0) is 48.8 Å². The third-order valence-electron chi connectivity index (χ3n) is 2.51. The summed E-state index contributed by atoms with van der Waals surface area (Å²) in [5, 5.41) is 2.92. The summed E-state index contributed by atoms with van der Waals surface area (Å²) in [6.45, 7) is 5.32. The highest BCUT2D eigenvalue weighted by Crippen LogP contribution is 2.34. The van der Waals surface area contributed by atoms with Gasteiger partial charge in [0.2, 0.25) is 0 Å². The molecule has 0 radical (unpaired) electrons. The molecule has 0 aliphatic heterocycles. The van der Waals surface area contributed by atoms with Crippen molar-refractivity contribution in [3.8, 4) is 0 Å². The van der Waals surface area contributed by atoms with Gasteiger partial charge >= 0.3 is 12.1 Å². The highest BCUT2D eigenvalue weighted by atomic mass is 79.9. The SMILES string of the molecule is COC(=O)c1ccc(Br)c2sc(NC(=O)OC(C)(C)C)nc12. The molecule has 2 rings (SSSR count). The number of benzene rings is 1. The van der Waals surface area contributed by atoms with Crippen molar-refractivity contribution in [2.45, 2.75) is 26.4 Å². The molecule has 1 aromatic carbocycles. The van der Waals surface area contributed by atoms with Gasteiger partial charge in [0.25, 0.3) is 0 Å². The lowest BCUT2D eigenvalue weighted by molar-refractivity contribution is 0.0600. The average molecular weight is 387 g/mol. The fraction of sp³-hybridized carbons (Fsp3) is 0.357. The van der Waals surface area contributed by atoms with Gasteiger partial charge in [-0.2, -0.15) is 0 Å². The van der Waals surface area contributed by atoms with Crippen molar-refractivity contribution < 1.29 is 19.1 Å². The number of aromatic nitrogens is 1. The summed E-state index contributed by atoms with van der Waals surface area (Å²) in [6.07, 6.45) is -0.595. The van der Waals surface area contributed by atoms with Crippen molar-refractivity contribution in [3.63, 3.8) is 0 Å². The maximum atomic E-state index is 11.8. The van der Waals surface area contributed by atoms with Gasteiger partial charge in [0.15, 0.2) is 5.13 Å². The van der Waals surface area contributed by atoms with Crippen molar-refractivity contribution in [2.75, 3.05) is 12.4 Å². The van der Waals surface area contributed by atoms with Crippen LogP contribution in [-0.2, 0) is 9.47 Å². The third-order valence-corrected chi connectivity index (χ3v) is 4.44. The summed E-state index contributed by atoms with van der Waals surface area (Å²) >= 11 is 4.65. The van der Waals surface area contributed by atoms with Gasteiger partial charge < -0.3 is 9.47 Å². The Hall–Kier alpha value is -1.67. The number of amides is 1. The number of hydrogen-bond donors (Lipinski definition) is 1. The molecule has 1 amide bonds. The quantitative estimate of drug-likeness (QED) is 0.782. The fourth-order valence-electron chi connectivity index (χ4n) is 1.69. The molecule has 0 fully saturated rings. The molecule has 0 aliphatic rings. The number of ether oxygens (including phenoxy) is 2. The zero-order chi connectivity index (χ0) is 16.5. The van der Waals surface area contributed by atoms with Gasteiger partial charge in [-0.3, -0.25) is 5.32 Å². The summed E-state index contributed by atoms with van der Waals surface area (Å²) in [6, 6.07) is 3.36. The van der Waals surface area contributed by atoms with Crippen LogP contribution >= 0.6 is 27.3 Å². The van der Waals surface area contributed by atoms with E-state index in [0.29, 0.717) is 16.2 Å². The number of nitrogens with one attached hydrogen (secondary N) is 1. The van der Waals surface area contributed by atoms with Crippen LogP contribution in [0.4, 0.5) is 9.93 Å². The molecular formula is C14H15BrN2O4S. The zero-order valence-corrected chi connectivity index (χ0v) is 14.9. The van der Waals surface area contributed by atoms with Crippen LogP contribution < -0.4 is 5.32 Å². The Labute approximate surface area is 139 Å². The summed E-state index contributed by atoms with van der Waals surface area (Å²) in [5.74, 6) is -0.480. The molecule has 22 heavy (non-hydrogen) atoms. The number of nitrogens with zero attached hydrogens (tertiary/aromatic N) is 1. The second-order valence-corrected chi connectivity index (χ2v) is 7.26. The van der Waals surface area contributed by atoms with Crippen molar-refractivity contribution >= 4 is 54.7 Å². The Bertz CT molecular complexity index is 736. The van der Waals surface area contributed by atoms with E-state index in [0.717, 1.165) is 9.17 Å². The highest BCUT2D eigenvalue weighted by molar-refractivity contribution is 9.10. The van der Waals surface area contributed by atoms with Crippen LogP contribution in [-0.4, -0.2) is 29.8 Å². The van der Waals surface area contributed by atoms with E-state index in [2.05, 4.69) is 26.2 Å². The summed E-state index contributed by atoms with van der Waals surface area (Å²) in [7, 11) is 1.31. The van der Waals surface area contributed by atoms with Gasteiger partial charge in [-0.15, -0.1) is 0 Å². The first-order valence-electron chi connectivity index (χ1n) is 6.38. The van der Waals surface area contributed by atoms with Gasteiger partial charge in [0, 0.05) is 4.47 Å². The Morgan fingerprint density at radius 3 is 2.59 bits per heavy atom. The predicted octanol–water partition coefficient (Wildman–Crippen LogP) is 4.19. The number of halogens is 1. The van der Waals surface area contributed by atoms with Crippen molar-refractivity contribution in [1.82, 2.24) is 4.98 Å². The van der Waals surface area contributed by atoms with E-state index < -0.39 is 17.7 Å². The topological polar surface area (TPSA) is 77.5 Å². The second-order valence-electron chi connectivity index (χ2n) is 5.41. The van der Waals surface area contributed by atoms with E-state index in [4.69, 9.17) is 9.47 Å². The highest BCUT2D eigenvalue weighted by Gasteiger charge is 2.20. The standard InChI is InChI=1S/C14H15BrN2O4S/c1-14(2,3)21-13(19)17-12-16-9-7(11(18)20-4)5-6-8(15)10(9)22-12/h5-6H,1-4H3,(H,16,17,19). The monoisotopic (exact) mass is 386 g/mol. The molecule has 0 spiro atoms. The van der Waals surface area contributed by atoms with Crippen LogP contribution in [0.3, 0.4) is 0 Å². The number of esters is 1. The van der Waals surface area contributed by atoms with E-state index >= 15 is 0 Å². The Morgan fingerprint density at radius 1 is 1.32 bits per heavy atom. The lowest BCUT2D eigenvalue weighted by Gasteiger charge is -2.18. The van der Waals surface area contributed by atoms with Crippen LogP contribution in [0.1, 0.15) is 31.1 Å². The number of thiazole rings is 1. The van der Waals surface area contributed by atoms with E-state index in [1.807, 2.05) is 0 Å². The maximum Gasteiger partial charge on any atom is 0.413 e. The smallest absolute Gasteiger partial charge is 0.413 e. The summed E-state index contributed by atoms with van der Waals surface area (Å²) in [4.78, 5) is 27.9. The van der Waals surface area contributed by atoms with E-state index in [1.165, 1.54) is 18.4 Å². The van der Waals surface area contributed by atoms with Crippen LogP contribution in [0.5, 0.6) is 0 Å². The van der Waals surface area contributed by atoms with E-state index in [9.17, 15) is 9.59 Å². The summed E-state index contributed by atoms with van der Waals surface area (Å²) < 4.78 is 11.4. The molecule has 0 unspecified atom stereocenters. The molecule has 1 N–H and O–H groups in total. The van der Waals surface area contributed by atoms with Crippen molar-refractivity contribution in [3.05, 3.63) is 22.2 Å². The predicted molar refractivity (Wildman–Crippen MR) is 88.5 cm³/mol.